The van der Waals surface area contributed by atoms with Crippen LogP contribution in [0.5, 0.6) is 5.75 Å². The van der Waals surface area contributed by atoms with Crippen molar-refractivity contribution in [1.82, 2.24) is 0 Å². The molecular formula is C13H18O2. The molecule has 0 fully saturated rings. The fraction of sp³-hybridized carbons (Fsp3) is 0.462. The Hall–Kier alpha value is -1.31. The lowest BCUT2D eigenvalue weighted by molar-refractivity contribution is 0.0855. The van der Waals surface area contributed by atoms with Crippen LogP contribution in [0.2, 0.25) is 0 Å². The molecule has 0 aliphatic carbocycles. The number of carbonyl (C=O) groups excluding carboxylic acids is 1. The quantitative estimate of drug-likeness (QED) is 0.716. The van der Waals surface area contributed by atoms with E-state index in [2.05, 4.69) is 0 Å². The van der Waals surface area contributed by atoms with E-state index in [0.29, 0.717) is 5.56 Å². The zero-order valence-corrected chi connectivity index (χ0v) is 10.0. The van der Waals surface area contributed by atoms with Gasteiger partial charge in [-0.15, -0.1) is 0 Å². The van der Waals surface area contributed by atoms with Crippen LogP contribution in [0.3, 0.4) is 0 Å². The molecule has 0 aliphatic rings. The summed E-state index contributed by atoms with van der Waals surface area (Å²) in [6, 6.07) is 3.62. The van der Waals surface area contributed by atoms with E-state index in [0.717, 1.165) is 11.1 Å². The maximum Gasteiger partial charge on any atom is 0.171 e. The summed E-state index contributed by atoms with van der Waals surface area (Å²) in [5, 5.41) is 9.83. The van der Waals surface area contributed by atoms with E-state index in [1.807, 2.05) is 40.7 Å². The molecule has 2 heteroatoms. The van der Waals surface area contributed by atoms with Crippen molar-refractivity contribution in [2.24, 2.45) is 5.41 Å². The van der Waals surface area contributed by atoms with E-state index in [1.165, 1.54) is 0 Å². The number of hydrogen-bond acceptors (Lipinski definition) is 2. The molecule has 82 valence electrons. The fourth-order valence-corrected chi connectivity index (χ4v) is 1.54. The molecule has 1 aromatic carbocycles. The van der Waals surface area contributed by atoms with E-state index in [-0.39, 0.29) is 11.5 Å². The van der Waals surface area contributed by atoms with Crippen molar-refractivity contribution >= 4 is 5.78 Å². The largest absolute Gasteiger partial charge is 0.507 e. The first-order valence-corrected chi connectivity index (χ1v) is 5.08. The second kappa shape index (κ2) is 3.69. The minimum atomic E-state index is -0.461. The molecular weight excluding hydrogens is 188 g/mol. The molecule has 0 heterocycles. The topological polar surface area (TPSA) is 37.3 Å². The Balaban J connectivity index is 3.32. The zero-order valence-electron chi connectivity index (χ0n) is 10.0. The van der Waals surface area contributed by atoms with Gasteiger partial charge in [0.05, 0.1) is 5.56 Å². The van der Waals surface area contributed by atoms with Crippen molar-refractivity contribution in [2.75, 3.05) is 0 Å². The van der Waals surface area contributed by atoms with Gasteiger partial charge in [-0.2, -0.15) is 0 Å². The minimum Gasteiger partial charge on any atom is -0.507 e. The standard InChI is InChI=1S/C13H18O2/c1-8-6-9(2)11(14)10(7-8)12(15)13(3,4)5/h6-7,14H,1-5H3. The van der Waals surface area contributed by atoms with Gasteiger partial charge in [0, 0.05) is 5.41 Å². The summed E-state index contributed by atoms with van der Waals surface area (Å²) in [5.74, 6) is 0.0901. The minimum absolute atomic E-state index is 0.0215. The number of hydrogen-bond donors (Lipinski definition) is 1. The van der Waals surface area contributed by atoms with Gasteiger partial charge in [0.2, 0.25) is 0 Å². The van der Waals surface area contributed by atoms with Gasteiger partial charge in [0.15, 0.2) is 5.78 Å². The summed E-state index contributed by atoms with van der Waals surface area (Å²) in [7, 11) is 0. The highest BCUT2D eigenvalue weighted by Crippen LogP contribution is 2.30. The zero-order chi connectivity index (χ0) is 11.8. The maximum absolute atomic E-state index is 12.0. The molecule has 2 nitrogen and oxygen atoms in total. The lowest BCUT2D eigenvalue weighted by atomic mass is 9.85. The lowest BCUT2D eigenvalue weighted by Gasteiger charge is -2.18. The summed E-state index contributed by atoms with van der Waals surface area (Å²) in [6.07, 6.45) is 0. The normalized spacial score (nSPS) is 11.5. The molecule has 0 saturated heterocycles. The van der Waals surface area contributed by atoms with Gasteiger partial charge in [-0.25, -0.2) is 0 Å². The number of aromatic hydroxyl groups is 1. The van der Waals surface area contributed by atoms with E-state index in [9.17, 15) is 9.90 Å². The maximum atomic E-state index is 12.0. The fourth-order valence-electron chi connectivity index (χ4n) is 1.54. The Bertz CT molecular complexity index is 398. The third kappa shape index (κ3) is 2.38. The van der Waals surface area contributed by atoms with Crippen LogP contribution >= 0.6 is 0 Å². The highest BCUT2D eigenvalue weighted by atomic mass is 16.3. The van der Waals surface area contributed by atoms with Crippen molar-refractivity contribution in [3.8, 4) is 5.75 Å². The summed E-state index contributed by atoms with van der Waals surface area (Å²) in [6.45, 7) is 9.29. The number of ketones is 1. The molecule has 0 unspecified atom stereocenters. The van der Waals surface area contributed by atoms with E-state index >= 15 is 0 Å². The Morgan fingerprint density at radius 2 is 1.73 bits per heavy atom. The summed E-state index contributed by atoms with van der Waals surface area (Å²) >= 11 is 0. The summed E-state index contributed by atoms with van der Waals surface area (Å²) in [5.41, 5.74) is 1.72. The van der Waals surface area contributed by atoms with Gasteiger partial charge in [0.25, 0.3) is 0 Å². The van der Waals surface area contributed by atoms with E-state index < -0.39 is 5.41 Å². The van der Waals surface area contributed by atoms with Gasteiger partial charge < -0.3 is 5.11 Å². The van der Waals surface area contributed by atoms with Crippen LogP contribution in [-0.2, 0) is 0 Å². The molecule has 15 heavy (non-hydrogen) atoms. The highest BCUT2D eigenvalue weighted by Gasteiger charge is 2.25. The molecule has 1 rings (SSSR count). The SMILES string of the molecule is Cc1cc(C)c(O)c(C(=O)C(C)(C)C)c1. The van der Waals surface area contributed by atoms with Gasteiger partial charge >= 0.3 is 0 Å². The van der Waals surface area contributed by atoms with Gasteiger partial charge in [-0.05, 0) is 31.0 Å². The van der Waals surface area contributed by atoms with Crippen LogP contribution in [-0.4, -0.2) is 10.9 Å². The smallest absolute Gasteiger partial charge is 0.171 e. The van der Waals surface area contributed by atoms with Crippen LogP contribution in [0, 0.1) is 19.3 Å². The summed E-state index contributed by atoms with van der Waals surface area (Å²) < 4.78 is 0. The van der Waals surface area contributed by atoms with Gasteiger partial charge in [0.1, 0.15) is 5.75 Å². The van der Waals surface area contributed by atoms with Crippen LogP contribution in [0.25, 0.3) is 0 Å². The molecule has 0 amide bonds. The van der Waals surface area contributed by atoms with Crippen molar-refractivity contribution < 1.29 is 9.90 Å². The van der Waals surface area contributed by atoms with Crippen LogP contribution < -0.4 is 0 Å². The summed E-state index contributed by atoms with van der Waals surface area (Å²) in [4.78, 5) is 12.0. The Morgan fingerprint density at radius 3 is 2.20 bits per heavy atom. The predicted octanol–water partition coefficient (Wildman–Crippen LogP) is 3.24. The van der Waals surface area contributed by atoms with Crippen molar-refractivity contribution in [3.05, 3.63) is 28.8 Å². The molecule has 0 aliphatic heterocycles. The number of Topliss-reactive ketones (excluding diaryl/α,β-unsaturated/α-hetero) is 1. The first kappa shape index (κ1) is 11.8. The number of benzene rings is 1. The lowest BCUT2D eigenvalue weighted by Crippen LogP contribution is -2.20. The van der Waals surface area contributed by atoms with Gasteiger partial charge in [-0.3, -0.25) is 4.79 Å². The number of phenolic OH excluding ortho intramolecular Hbond substituents is 1. The Labute approximate surface area is 90.9 Å². The predicted molar refractivity (Wildman–Crippen MR) is 61.4 cm³/mol. The molecule has 0 aromatic heterocycles. The number of rotatable bonds is 1. The van der Waals surface area contributed by atoms with Crippen molar-refractivity contribution in [2.45, 2.75) is 34.6 Å². The number of carbonyl (C=O) groups is 1. The average Bonchev–Trinajstić information content (AvgIpc) is 2.08. The average molecular weight is 206 g/mol. The number of aryl methyl sites for hydroxylation is 2. The molecule has 0 radical (unpaired) electrons. The molecule has 1 N–H and O–H groups in total. The molecule has 0 saturated carbocycles. The Morgan fingerprint density at radius 1 is 1.20 bits per heavy atom. The molecule has 1 aromatic rings. The third-order valence-electron chi connectivity index (χ3n) is 2.37. The van der Waals surface area contributed by atoms with Crippen LogP contribution in [0.1, 0.15) is 42.3 Å². The van der Waals surface area contributed by atoms with E-state index in [1.54, 1.807) is 6.07 Å². The molecule has 0 atom stereocenters. The van der Waals surface area contributed by atoms with Crippen LogP contribution in [0.4, 0.5) is 0 Å². The van der Waals surface area contributed by atoms with Crippen LogP contribution in [0.15, 0.2) is 12.1 Å². The Kier molecular flexibility index (Phi) is 2.89. The number of phenols is 1. The second-order valence-electron chi connectivity index (χ2n) is 5.06. The highest BCUT2D eigenvalue weighted by molar-refractivity contribution is 6.02. The van der Waals surface area contributed by atoms with Crippen molar-refractivity contribution in [3.63, 3.8) is 0 Å². The van der Waals surface area contributed by atoms with Gasteiger partial charge in [-0.1, -0.05) is 26.8 Å². The van der Waals surface area contributed by atoms with Crippen molar-refractivity contribution in [1.29, 1.82) is 0 Å². The van der Waals surface area contributed by atoms with E-state index in [4.69, 9.17) is 0 Å². The third-order valence-corrected chi connectivity index (χ3v) is 2.37. The first-order chi connectivity index (χ1) is 6.73. The second-order valence-corrected chi connectivity index (χ2v) is 5.06. The first-order valence-electron chi connectivity index (χ1n) is 5.08. The monoisotopic (exact) mass is 206 g/mol. The molecule has 0 bridgehead atoms. The molecule has 0 spiro atoms.